The molecule has 1 aliphatic heterocycles. The van der Waals surface area contributed by atoms with Crippen molar-refractivity contribution in [2.24, 2.45) is 5.92 Å². The average molecular weight is 297 g/mol. The summed E-state index contributed by atoms with van der Waals surface area (Å²) in [5.41, 5.74) is 0.919. The Labute approximate surface area is 124 Å². The lowest BCUT2D eigenvalue weighted by molar-refractivity contribution is -0.261. The van der Waals surface area contributed by atoms with Gasteiger partial charge in [-0.25, -0.2) is 0 Å². The standard InChI is InChI=1S/C15H23NO5/c1-8-13(18)14(19)11(15(20)21-8)7-12(16-2)9-3-5-10(17)6-4-9/h3-6,8,11-20H,7H2,1-2H3/t8-,11+,12?,13-,14-,15?/m1/s1. The van der Waals surface area contributed by atoms with E-state index in [0.717, 1.165) is 5.56 Å². The number of hydrogen-bond acceptors (Lipinski definition) is 6. The van der Waals surface area contributed by atoms with Gasteiger partial charge in [-0.15, -0.1) is 0 Å². The molecule has 6 heteroatoms. The number of benzene rings is 1. The highest BCUT2D eigenvalue weighted by atomic mass is 16.6. The smallest absolute Gasteiger partial charge is 0.160 e. The van der Waals surface area contributed by atoms with Gasteiger partial charge in [0.1, 0.15) is 11.9 Å². The first-order chi connectivity index (χ1) is 9.93. The van der Waals surface area contributed by atoms with Crippen molar-refractivity contribution >= 4 is 0 Å². The van der Waals surface area contributed by atoms with Gasteiger partial charge >= 0.3 is 0 Å². The molecule has 0 saturated carbocycles. The summed E-state index contributed by atoms with van der Waals surface area (Å²) < 4.78 is 5.26. The highest BCUT2D eigenvalue weighted by Gasteiger charge is 2.42. The van der Waals surface area contributed by atoms with E-state index in [-0.39, 0.29) is 11.8 Å². The molecular formula is C15H23NO5. The minimum atomic E-state index is -1.12. The number of rotatable bonds is 4. The second-order valence-corrected chi connectivity index (χ2v) is 5.55. The molecule has 0 aromatic heterocycles. The van der Waals surface area contributed by atoms with Crippen LogP contribution in [0.5, 0.6) is 5.75 Å². The van der Waals surface area contributed by atoms with Crippen LogP contribution in [0.3, 0.4) is 0 Å². The summed E-state index contributed by atoms with van der Waals surface area (Å²) in [6.45, 7) is 1.61. The van der Waals surface area contributed by atoms with Crippen LogP contribution in [0.4, 0.5) is 0 Å². The summed E-state index contributed by atoms with van der Waals surface area (Å²) in [4.78, 5) is 0. The van der Waals surface area contributed by atoms with Gasteiger partial charge in [-0.1, -0.05) is 12.1 Å². The molecule has 0 bridgehead atoms. The van der Waals surface area contributed by atoms with E-state index in [9.17, 15) is 20.4 Å². The zero-order chi connectivity index (χ0) is 15.6. The van der Waals surface area contributed by atoms with Gasteiger partial charge in [0, 0.05) is 12.0 Å². The number of aliphatic hydroxyl groups excluding tert-OH is 3. The van der Waals surface area contributed by atoms with Crippen molar-refractivity contribution in [3.63, 3.8) is 0 Å². The van der Waals surface area contributed by atoms with E-state index < -0.39 is 30.5 Å². The quantitative estimate of drug-likeness (QED) is 0.541. The van der Waals surface area contributed by atoms with Crippen LogP contribution in [-0.2, 0) is 4.74 Å². The maximum absolute atomic E-state index is 10.2. The first kappa shape index (κ1) is 16.2. The fourth-order valence-electron chi connectivity index (χ4n) is 2.76. The SMILES string of the molecule is CNC(C[C@@H]1C(O)O[C@H](C)[C@@H](O)[C@@H]1O)c1ccc(O)cc1. The monoisotopic (exact) mass is 297 g/mol. The highest BCUT2D eigenvalue weighted by Crippen LogP contribution is 2.32. The Morgan fingerprint density at radius 1 is 1.14 bits per heavy atom. The van der Waals surface area contributed by atoms with Crippen LogP contribution in [0.25, 0.3) is 0 Å². The van der Waals surface area contributed by atoms with Gasteiger partial charge in [-0.2, -0.15) is 0 Å². The molecule has 6 nitrogen and oxygen atoms in total. The molecule has 0 aliphatic carbocycles. The molecule has 1 saturated heterocycles. The first-order valence-electron chi connectivity index (χ1n) is 7.10. The first-order valence-corrected chi connectivity index (χ1v) is 7.10. The molecule has 1 aromatic carbocycles. The van der Waals surface area contributed by atoms with Gasteiger partial charge in [0.15, 0.2) is 6.29 Å². The van der Waals surface area contributed by atoms with E-state index in [4.69, 9.17) is 4.74 Å². The Hall–Kier alpha value is -1.18. The third-order valence-electron chi connectivity index (χ3n) is 4.14. The average Bonchev–Trinajstić information content (AvgIpc) is 2.46. The van der Waals surface area contributed by atoms with Crippen molar-refractivity contribution in [2.45, 2.75) is 44.0 Å². The Balaban J connectivity index is 2.12. The molecule has 0 spiro atoms. The number of phenols is 1. The summed E-state index contributed by atoms with van der Waals surface area (Å²) in [6, 6.07) is 6.58. The van der Waals surface area contributed by atoms with E-state index in [2.05, 4.69) is 5.32 Å². The molecule has 118 valence electrons. The second-order valence-electron chi connectivity index (χ2n) is 5.55. The molecule has 6 atom stereocenters. The van der Waals surface area contributed by atoms with E-state index in [0.29, 0.717) is 6.42 Å². The summed E-state index contributed by atoms with van der Waals surface area (Å²) in [7, 11) is 1.78. The van der Waals surface area contributed by atoms with E-state index in [1.54, 1.807) is 38.2 Å². The van der Waals surface area contributed by atoms with Crippen LogP contribution < -0.4 is 5.32 Å². The number of hydrogen-bond donors (Lipinski definition) is 5. The number of nitrogens with one attached hydrogen (secondary N) is 1. The molecule has 0 amide bonds. The molecule has 2 rings (SSSR count). The lowest BCUT2D eigenvalue weighted by atomic mass is 9.84. The predicted octanol–water partition coefficient (Wildman–Crippen LogP) is 0.118. The van der Waals surface area contributed by atoms with Gasteiger partial charge in [-0.05, 0) is 38.1 Å². The van der Waals surface area contributed by atoms with Crippen LogP contribution in [0.2, 0.25) is 0 Å². The van der Waals surface area contributed by atoms with Gasteiger partial charge in [0.2, 0.25) is 0 Å². The largest absolute Gasteiger partial charge is 0.508 e. The normalized spacial score (nSPS) is 34.6. The molecule has 2 unspecified atom stereocenters. The Kier molecular flexibility index (Phi) is 5.18. The molecule has 1 aromatic rings. The molecule has 0 radical (unpaired) electrons. The minimum Gasteiger partial charge on any atom is -0.508 e. The molecule has 5 N–H and O–H groups in total. The van der Waals surface area contributed by atoms with Gasteiger partial charge in [0.05, 0.1) is 12.2 Å². The number of phenolic OH excluding ortho intramolecular Hbond substituents is 1. The number of ether oxygens (including phenoxy) is 1. The zero-order valence-corrected chi connectivity index (χ0v) is 12.2. The molecule has 1 aliphatic rings. The van der Waals surface area contributed by atoms with Crippen LogP contribution in [0.1, 0.15) is 24.9 Å². The second kappa shape index (κ2) is 6.72. The summed E-state index contributed by atoms with van der Waals surface area (Å²) in [5.74, 6) is -0.415. The molecule has 1 heterocycles. The summed E-state index contributed by atoms with van der Waals surface area (Å²) >= 11 is 0. The number of aromatic hydroxyl groups is 1. The fraction of sp³-hybridized carbons (Fsp3) is 0.600. The minimum absolute atomic E-state index is 0.135. The van der Waals surface area contributed by atoms with Crippen molar-refractivity contribution in [2.75, 3.05) is 7.05 Å². The lowest BCUT2D eigenvalue weighted by Gasteiger charge is -2.40. The highest BCUT2D eigenvalue weighted by molar-refractivity contribution is 5.28. The topological polar surface area (TPSA) is 102 Å². The fourth-order valence-corrected chi connectivity index (χ4v) is 2.76. The van der Waals surface area contributed by atoms with Crippen molar-refractivity contribution in [1.29, 1.82) is 0 Å². The van der Waals surface area contributed by atoms with E-state index in [1.165, 1.54) is 0 Å². The number of aliphatic hydroxyl groups is 3. The zero-order valence-electron chi connectivity index (χ0n) is 12.2. The maximum atomic E-state index is 10.2. The predicted molar refractivity (Wildman–Crippen MR) is 76.6 cm³/mol. The summed E-state index contributed by atoms with van der Waals surface area (Å²) in [5, 5.41) is 42.5. The Morgan fingerprint density at radius 2 is 1.76 bits per heavy atom. The van der Waals surface area contributed by atoms with Crippen LogP contribution in [0, 0.1) is 5.92 Å². The molecule has 21 heavy (non-hydrogen) atoms. The van der Waals surface area contributed by atoms with Crippen LogP contribution >= 0.6 is 0 Å². The van der Waals surface area contributed by atoms with Crippen molar-refractivity contribution in [1.82, 2.24) is 5.32 Å². The van der Waals surface area contributed by atoms with Crippen molar-refractivity contribution in [3.8, 4) is 5.75 Å². The van der Waals surface area contributed by atoms with Crippen molar-refractivity contribution in [3.05, 3.63) is 29.8 Å². The van der Waals surface area contributed by atoms with Gasteiger partial charge in [0.25, 0.3) is 0 Å². The third kappa shape index (κ3) is 3.53. The summed E-state index contributed by atoms with van der Waals surface area (Å²) in [6.07, 6.45) is -3.39. The Bertz CT molecular complexity index is 452. The third-order valence-corrected chi connectivity index (χ3v) is 4.14. The van der Waals surface area contributed by atoms with Crippen LogP contribution in [0.15, 0.2) is 24.3 Å². The van der Waals surface area contributed by atoms with E-state index in [1.807, 2.05) is 0 Å². The van der Waals surface area contributed by atoms with Crippen molar-refractivity contribution < 1.29 is 25.2 Å². The maximum Gasteiger partial charge on any atom is 0.160 e. The van der Waals surface area contributed by atoms with Gasteiger partial charge < -0.3 is 30.5 Å². The molecule has 1 fully saturated rings. The van der Waals surface area contributed by atoms with Crippen LogP contribution in [-0.4, -0.2) is 52.1 Å². The molecular weight excluding hydrogens is 274 g/mol. The Morgan fingerprint density at radius 3 is 2.33 bits per heavy atom. The van der Waals surface area contributed by atoms with Gasteiger partial charge in [-0.3, -0.25) is 0 Å². The lowest BCUT2D eigenvalue weighted by Crippen LogP contribution is -2.54. The van der Waals surface area contributed by atoms with E-state index >= 15 is 0 Å².